The van der Waals surface area contributed by atoms with E-state index in [4.69, 9.17) is 18.5 Å². The van der Waals surface area contributed by atoms with Crippen molar-refractivity contribution in [3.05, 3.63) is 134 Å². The number of ether oxygens (including phenoxy) is 2. The van der Waals surface area contributed by atoms with Gasteiger partial charge in [0.15, 0.2) is 6.10 Å². The monoisotopic (exact) mass is 1300 g/mol. The maximum Gasteiger partial charge on any atom is 0.472 e. The molecule has 0 aromatic carbocycles. The zero-order valence-electron chi connectivity index (χ0n) is 60.2. The van der Waals surface area contributed by atoms with E-state index in [1.165, 1.54) is 173 Å². The minimum absolute atomic E-state index is 0.0270. The highest BCUT2D eigenvalue weighted by Crippen LogP contribution is 2.43. The lowest BCUT2D eigenvalue weighted by Gasteiger charge is -2.24. The van der Waals surface area contributed by atoms with Crippen LogP contribution in [0.25, 0.3) is 0 Å². The largest absolute Gasteiger partial charge is 0.472 e. The maximum absolute atomic E-state index is 12.9. The fraction of sp³-hybridized carbons (Fsp3) is 0.707. The summed E-state index contributed by atoms with van der Waals surface area (Å²) in [4.78, 5) is 35.9. The number of hydrogen-bond acceptors (Lipinski definition) is 7. The van der Waals surface area contributed by atoms with Gasteiger partial charge in [0.05, 0.1) is 27.7 Å². The molecule has 0 spiro atoms. The van der Waals surface area contributed by atoms with Crippen molar-refractivity contribution in [3.63, 3.8) is 0 Å². The van der Waals surface area contributed by atoms with Crippen molar-refractivity contribution < 1.29 is 42.1 Å². The molecule has 0 heterocycles. The number of likely N-dealkylation sites (N-methyl/N-ethyl adjacent to an activating group) is 1. The number of allylic oxidation sites excluding steroid dienone is 22. The summed E-state index contributed by atoms with van der Waals surface area (Å²) in [6.07, 6.45) is 104. The lowest BCUT2D eigenvalue weighted by atomic mass is 10.0. The van der Waals surface area contributed by atoms with Gasteiger partial charge < -0.3 is 18.9 Å². The molecular weight excluding hydrogens is 1160 g/mol. The fourth-order valence-electron chi connectivity index (χ4n) is 10.5. The van der Waals surface area contributed by atoms with Crippen LogP contribution in [0.1, 0.15) is 322 Å². The lowest BCUT2D eigenvalue weighted by molar-refractivity contribution is -0.870. The zero-order chi connectivity index (χ0) is 66.9. The Hall–Kier alpha value is -3.85. The molecule has 0 amide bonds. The number of phosphoric acid groups is 1. The molecule has 0 aliphatic rings. The minimum Gasteiger partial charge on any atom is -0.462 e. The van der Waals surface area contributed by atoms with E-state index in [0.29, 0.717) is 17.4 Å². The summed E-state index contributed by atoms with van der Waals surface area (Å²) in [5, 5.41) is 0. The van der Waals surface area contributed by atoms with Crippen LogP contribution in [0.3, 0.4) is 0 Å². The lowest BCUT2D eigenvalue weighted by Crippen LogP contribution is -2.37. The van der Waals surface area contributed by atoms with Gasteiger partial charge in [-0.3, -0.25) is 18.6 Å². The summed E-state index contributed by atoms with van der Waals surface area (Å²) in [5.41, 5.74) is 0. The fourth-order valence-corrected chi connectivity index (χ4v) is 11.2. The number of carbonyl (C=O) groups excluding carboxylic acids is 2. The molecule has 10 heteroatoms. The number of phosphoric ester groups is 1. The molecule has 0 radical (unpaired) electrons. The Labute approximate surface area is 568 Å². The molecule has 2 atom stereocenters. The number of esters is 2. The van der Waals surface area contributed by atoms with Crippen molar-refractivity contribution in [2.24, 2.45) is 0 Å². The highest BCUT2D eigenvalue weighted by atomic mass is 31.2. The Morgan fingerprint density at radius 3 is 0.870 bits per heavy atom. The van der Waals surface area contributed by atoms with Crippen molar-refractivity contribution >= 4 is 19.8 Å². The van der Waals surface area contributed by atoms with Crippen LogP contribution >= 0.6 is 7.82 Å². The third kappa shape index (κ3) is 75.2. The third-order valence-electron chi connectivity index (χ3n) is 16.2. The van der Waals surface area contributed by atoms with Gasteiger partial charge in [0.25, 0.3) is 0 Å². The van der Waals surface area contributed by atoms with Gasteiger partial charge in [0, 0.05) is 12.8 Å². The average molecular weight is 1300 g/mol. The van der Waals surface area contributed by atoms with Crippen molar-refractivity contribution in [3.8, 4) is 0 Å². The van der Waals surface area contributed by atoms with E-state index < -0.39 is 26.5 Å². The third-order valence-corrected chi connectivity index (χ3v) is 17.2. The number of rotatable bonds is 69. The van der Waals surface area contributed by atoms with Gasteiger partial charge in [0.2, 0.25) is 0 Å². The molecule has 9 nitrogen and oxygen atoms in total. The number of nitrogens with zero attached hydrogens (tertiary/aromatic N) is 1. The predicted molar refractivity (Wildman–Crippen MR) is 399 cm³/mol. The first-order valence-electron chi connectivity index (χ1n) is 37.9. The second kappa shape index (κ2) is 71.4. The van der Waals surface area contributed by atoms with Gasteiger partial charge >= 0.3 is 19.8 Å². The van der Waals surface area contributed by atoms with Gasteiger partial charge in [-0.1, -0.05) is 334 Å². The van der Waals surface area contributed by atoms with E-state index in [1.54, 1.807) is 0 Å². The van der Waals surface area contributed by atoms with Crippen LogP contribution in [0.2, 0.25) is 0 Å². The summed E-state index contributed by atoms with van der Waals surface area (Å²) >= 11 is 0. The molecule has 92 heavy (non-hydrogen) atoms. The molecule has 0 aliphatic heterocycles. The molecular formula is C82H143NO8P+. The van der Waals surface area contributed by atoms with Crippen LogP contribution in [0.4, 0.5) is 0 Å². The van der Waals surface area contributed by atoms with Crippen LogP contribution in [-0.4, -0.2) is 74.9 Å². The SMILES string of the molecule is CC/C=C\C/C=C\C/C=C\C/C=C\C/C=C\C/C=C\CCCCCCCCCCCCC(=O)OC(COC(=O)CCCCCCCCCCCCCCCCCCCCCCCCC/C=C\C/C=C\C/C=C\C/C=C\C/C=C\CC)COP(=O)(O)OCC[N+](C)(C)C. The van der Waals surface area contributed by atoms with E-state index in [1.807, 2.05) is 21.1 Å². The molecule has 0 saturated heterocycles. The molecule has 0 aromatic heterocycles. The Kier molecular flexibility index (Phi) is 68.5. The Bertz CT molecular complexity index is 2020. The van der Waals surface area contributed by atoms with Crippen molar-refractivity contribution in [1.29, 1.82) is 0 Å². The molecule has 0 saturated carbocycles. The first-order valence-corrected chi connectivity index (χ1v) is 39.4. The smallest absolute Gasteiger partial charge is 0.462 e. The second-order valence-corrected chi connectivity index (χ2v) is 27.7. The number of hydrogen-bond donors (Lipinski definition) is 1. The number of quaternary nitrogens is 1. The van der Waals surface area contributed by atoms with Crippen molar-refractivity contribution in [2.45, 2.75) is 328 Å². The van der Waals surface area contributed by atoms with Crippen LogP contribution in [0, 0.1) is 0 Å². The second-order valence-electron chi connectivity index (χ2n) is 26.3. The molecule has 0 aliphatic carbocycles. The van der Waals surface area contributed by atoms with Gasteiger partial charge in [-0.25, -0.2) is 4.57 Å². The van der Waals surface area contributed by atoms with Crippen LogP contribution < -0.4 is 0 Å². The topological polar surface area (TPSA) is 108 Å². The van der Waals surface area contributed by atoms with Gasteiger partial charge in [-0.05, 0) is 109 Å². The Morgan fingerprint density at radius 2 is 0.587 bits per heavy atom. The van der Waals surface area contributed by atoms with Crippen molar-refractivity contribution in [1.82, 2.24) is 0 Å². The highest BCUT2D eigenvalue weighted by molar-refractivity contribution is 7.47. The molecule has 0 rings (SSSR count). The summed E-state index contributed by atoms with van der Waals surface area (Å²) in [6, 6.07) is 0. The zero-order valence-corrected chi connectivity index (χ0v) is 61.1. The maximum atomic E-state index is 12.9. The standard InChI is InChI=1S/C82H142NO8P/c1-6-8-10-12-14-16-18-20-22-24-26-28-30-32-34-36-37-38-39-40-41-42-43-44-45-47-48-50-52-54-56-58-60-62-64-66-68-70-72-74-81(84)88-78-80(79-90-92(86,87)89-77-76-83(3,4)5)91-82(85)75-73-71-69-67-65-63-61-59-57-55-53-51-49-46-35-33-31-29-27-25-23-21-19-17-15-13-11-9-7-2/h8-11,14-17,20-23,26-29,32-35,49,51,80H,6-7,12-13,18-19,24-25,30-31,36-48,50,52-79H2,1-5H3/p+1/b10-8-,11-9-,16-14-,17-15-,22-20-,23-21-,28-26-,29-27-,34-32-,35-33-,51-49-. The normalized spacial score (nSPS) is 13.8. The summed E-state index contributed by atoms with van der Waals surface area (Å²) in [5.74, 6) is -0.796. The summed E-state index contributed by atoms with van der Waals surface area (Å²) in [7, 11) is 1.47. The quantitative estimate of drug-likeness (QED) is 0.0211. The van der Waals surface area contributed by atoms with Crippen LogP contribution in [0.15, 0.2) is 134 Å². The minimum atomic E-state index is -4.40. The first-order chi connectivity index (χ1) is 45.0. The molecule has 0 bridgehead atoms. The molecule has 0 aromatic rings. The van der Waals surface area contributed by atoms with E-state index in [-0.39, 0.29) is 32.0 Å². The van der Waals surface area contributed by atoms with E-state index in [9.17, 15) is 19.0 Å². The Morgan fingerprint density at radius 1 is 0.337 bits per heavy atom. The first kappa shape index (κ1) is 88.2. The molecule has 2 unspecified atom stereocenters. The van der Waals surface area contributed by atoms with Crippen molar-refractivity contribution in [2.75, 3.05) is 47.5 Å². The molecule has 528 valence electrons. The van der Waals surface area contributed by atoms with E-state index >= 15 is 0 Å². The highest BCUT2D eigenvalue weighted by Gasteiger charge is 2.27. The average Bonchev–Trinajstić information content (AvgIpc) is 2.14. The van der Waals surface area contributed by atoms with Crippen LogP contribution in [-0.2, 0) is 32.7 Å². The molecule has 1 N–H and O–H groups in total. The summed E-state index contributed by atoms with van der Waals surface area (Å²) in [6.45, 7) is 4.23. The number of carbonyl (C=O) groups is 2. The predicted octanol–water partition coefficient (Wildman–Crippen LogP) is 25.2. The number of unbranched alkanes of at least 4 members (excludes halogenated alkanes) is 33. The molecule has 0 fully saturated rings. The van der Waals surface area contributed by atoms with Gasteiger partial charge in [0.1, 0.15) is 19.8 Å². The van der Waals surface area contributed by atoms with E-state index in [0.717, 1.165) is 116 Å². The van der Waals surface area contributed by atoms with Crippen LogP contribution in [0.5, 0.6) is 0 Å². The van der Waals surface area contributed by atoms with Gasteiger partial charge in [-0.2, -0.15) is 0 Å². The van der Waals surface area contributed by atoms with Gasteiger partial charge in [-0.15, -0.1) is 0 Å². The van der Waals surface area contributed by atoms with E-state index in [2.05, 4.69) is 148 Å². The Balaban J connectivity index is 3.98. The summed E-state index contributed by atoms with van der Waals surface area (Å²) < 4.78 is 34.8.